The molecule has 0 fully saturated rings. The van der Waals surface area contributed by atoms with Gasteiger partial charge in [0.15, 0.2) is 0 Å². The number of rotatable bonds is 4. The Balaban J connectivity index is 1.51. The van der Waals surface area contributed by atoms with Crippen LogP contribution >= 0.6 is 11.6 Å². The Morgan fingerprint density at radius 2 is 1.70 bits per heavy atom. The molecule has 0 saturated heterocycles. The van der Waals surface area contributed by atoms with E-state index >= 15 is 0 Å². The molecule has 2 heterocycles. The summed E-state index contributed by atoms with van der Waals surface area (Å²) in [5.41, 5.74) is 2.48. The van der Waals surface area contributed by atoms with Crippen molar-refractivity contribution < 1.29 is 4.79 Å². The van der Waals surface area contributed by atoms with Crippen molar-refractivity contribution in [3.05, 3.63) is 83.8 Å². The number of carbonyl (C=O) groups is 1. The molecule has 7 heteroatoms. The monoisotopic (exact) mass is 375 g/mol. The maximum Gasteiger partial charge on any atom is 0.258 e. The molecule has 4 rings (SSSR count). The van der Waals surface area contributed by atoms with E-state index in [1.54, 1.807) is 18.3 Å². The molecule has 2 N–H and O–H groups in total. The fourth-order valence-corrected chi connectivity index (χ4v) is 2.80. The Bertz CT molecular complexity index is 1110. The van der Waals surface area contributed by atoms with Crippen molar-refractivity contribution in [3.63, 3.8) is 0 Å². The lowest BCUT2D eigenvalue weighted by molar-refractivity contribution is 0.102. The average molecular weight is 376 g/mol. The molecule has 0 bridgehead atoms. The molecule has 4 aromatic rings. The number of hydrogen-bond acceptors (Lipinski definition) is 5. The normalized spacial score (nSPS) is 10.6. The highest BCUT2D eigenvalue weighted by Crippen LogP contribution is 2.21. The first-order chi connectivity index (χ1) is 13.2. The predicted octanol–water partition coefficient (Wildman–Crippen LogP) is 4.67. The van der Waals surface area contributed by atoms with E-state index in [4.69, 9.17) is 11.6 Å². The van der Waals surface area contributed by atoms with Crippen molar-refractivity contribution in [1.29, 1.82) is 0 Å². The Morgan fingerprint density at radius 3 is 2.52 bits per heavy atom. The molecular formula is C20H14ClN5O. The molecule has 0 atom stereocenters. The van der Waals surface area contributed by atoms with Crippen molar-refractivity contribution in [2.24, 2.45) is 0 Å². The van der Waals surface area contributed by atoms with Crippen molar-refractivity contribution in [3.8, 4) is 0 Å². The second-order valence-electron chi connectivity index (χ2n) is 5.77. The zero-order valence-electron chi connectivity index (χ0n) is 14.1. The summed E-state index contributed by atoms with van der Waals surface area (Å²) >= 11 is 5.96. The molecule has 0 unspecified atom stereocenters. The minimum absolute atomic E-state index is 0.303. The number of aromatic nitrogens is 3. The highest BCUT2D eigenvalue weighted by molar-refractivity contribution is 6.30. The van der Waals surface area contributed by atoms with E-state index < -0.39 is 0 Å². The lowest BCUT2D eigenvalue weighted by Gasteiger charge is -2.08. The smallest absolute Gasteiger partial charge is 0.258 e. The van der Waals surface area contributed by atoms with E-state index in [9.17, 15) is 4.79 Å². The highest BCUT2D eigenvalue weighted by Gasteiger charge is 2.10. The lowest BCUT2D eigenvalue weighted by Crippen LogP contribution is -2.13. The van der Waals surface area contributed by atoms with Gasteiger partial charge in [-0.05, 0) is 30.3 Å². The van der Waals surface area contributed by atoms with Crippen LogP contribution < -0.4 is 10.6 Å². The number of nitrogens with zero attached hydrogens (tertiary/aromatic N) is 3. The molecule has 0 spiro atoms. The lowest BCUT2D eigenvalue weighted by atomic mass is 10.2. The van der Waals surface area contributed by atoms with Gasteiger partial charge in [-0.15, -0.1) is 0 Å². The minimum Gasteiger partial charge on any atom is -0.324 e. The standard InChI is InChI=1S/C20H14ClN5O/c21-15-6-2-7-16(10-15)25-20-23-11-14(12-24-20)19(27)26-17-8-1-4-13-5-3-9-22-18(13)17/h1-12H,(H,26,27)(H,23,24,25). The summed E-state index contributed by atoms with van der Waals surface area (Å²) in [6.07, 6.45) is 4.62. The summed E-state index contributed by atoms with van der Waals surface area (Å²) in [7, 11) is 0. The van der Waals surface area contributed by atoms with Gasteiger partial charge < -0.3 is 10.6 Å². The summed E-state index contributed by atoms with van der Waals surface area (Å²) in [5, 5.41) is 7.46. The number of para-hydroxylation sites is 1. The number of amides is 1. The zero-order valence-corrected chi connectivity index (χ0v) is 14.8. The van der Waals surface area contributed by atoms with Gasteiger partial charge in [-0.3, -0.25) is 9.78 Å². The van der Waals surface area contributed by atoms with Crippen molar-refractivity contribution in [2.45, 2.75) is 0 Å². The summed E-state index contributed by atoms with van der Waals surface area (Å²) in [6.45, 7) is 0. The fourth-order valence-electron chi connectivity index (χ4n) is 2.60. The number of benzene rings is 2. The number of pyridine rings is 1. The van der Waals surface area contributed by atoms with E-state index in [-0.39, 0.29) is 5.91 Å². The van der Waals surface area contributed by atoms with Gasteiger partial charge in [0.2, 0.25) is 5.95 Å². The molecule has 0 aliphatic rings. The van der Waals surface area contributed by atoms with E-state index in [0.29, 0.717) is 22.2 Å². The molecule has 1 amide bonds. The number of fused-ring (bicyclic) bond motifs is 1. The van der Waals surface area contributed by atoms with Crippen LogP contribution in [-0.2, 0) is 0 Å². The van der Waals surface area contributed by atoms with Gasteiger partial charge in [0.1, 0.15) is 0 Å². The van der Waals surface area contributed by atoms with Gasteiger partial charge >= 0.3 is 0 Å². The average Bonchev–Trinajstić information content (AvgIpc) is 2.69. The number of anilines is 3. The van der Waals surface area contributed by atoms with Gasteiger partial charge in [0.05, 0.1) is 16.8 Å². The van der Waals surface area contributed by atoms with Gasteiger partial charge in [0, 0.05) is 34.7 Å². The summed E-state index contributed by atoms with van der Waals surface area (Å²) in [5.74, 6) is 0.0723. The largest absolute Gasteiger partial charge is 0.324 e. The molecule has 0 saturated carbocycles. The Labute approximate surface area is 160 Å². The maximum atomic E-state index is 12.5. The van der Waals surface area contributed by atoms with Crippen LogP contribution in [0.5, 0.6) is 0 Å². The molecule has 0 aliphatic heterocycles. The van der Waals surface area contributed by atoms with Crippen LogP contribution in [0.2, 0.25) is 5.02 Å². The molecular weight excluding hydrogens is 362 g/mol. The summed E-state index contributed by atoms with van der Waals surface area (Å²) in [6, 6.07) is 16.6. The fraction of sp³-hybridized carbons (Fsp3) is 0. The molecule has 27 heavy (non-hydrogen) atoms. The van der Waals surface area contributed by atoms with E-state index in [0.717, 1.165) is 16.6 Å². The number of hydrogen-bond donors (Lipinski definition) is 2. The van der Waals surface area contributed by atoms with Crippen molar-refractivity contribution in [2.75, 3.05) is 10.6 Å². The second-order valence-corrected chi connectivity index (χ2v) is 6.20. The molecule has 0 radical (unpaired) electrons. The molecule has 0 aliphatic carbocycles. The van der Waals surface area contributed by atoms with Crippen LogP contribution in [0.1, 0.15) is 10.4 Å². The van der Waals surface area contributed by atoms with E-state index in [2.05, 4.69) is 25.6 Å². The Hall–Kier alpha value is -3.51. The first-order valence-electron chi connectivity index (χ1n) is 8.19. The van der Waals surface area contributed by atoms with E-state index in [1.807, 2.05) is 42.5 Å². The maximum absolute atomic E-state index is 12.5. The number of carbonyl (C=O) groups excluding carboxylic acids is 1. The van der Waals surface area contributed by atoms with Crippen LogP contribution in [0.15, 0.2) is 73.2 Å². The third-order valence-electron chi connectivity index (χ3n) is 3.88. The van der Waals surface area contributed by atoms with Crippen LogP contribution in [0.25, 0.3) is 10.9 Å². The van der Waals surface area contributed by atoms with Crippen molar-refractivity contribution >= 4 is 45.7 Å². The van der Waals surface area contributed by atoms with Gasteiger partial charge in [-0.1, -0.05) is 35.9 Å². The van der Waals surface area contributed by atoms with Gasteiger partial charge in [0.25, 0.3) is 5.91 Å². The molecule has 6 nitrogen and oxygen atoms in total. The quantitative estimate of drug-likeness (QED) is 0.541. The van der Waals surface area contributed by atoms with Crippen LogP contribution in [0.4, 0.5) is 17.3 Å². The molecule has 2 aromatic carbocycles. The van der Waals surface area contributed by atoms with Crippen LogP contribution in [0.3, 0.4) is 0 Å². The zero-order chi connectivity index (χ0) is 18.6. The number of halogens is 1. The van der Waals surface area contributed by atoms with Crippen LogP contribution in [-0.4, -0.2) is 20.9 Å². The number of nitrogens with one attached hydrogen (secondary N) is 2. The topological polar surface area (TPSA) is 79.8 Å². The first kappa shape index (κ1) is 16.9. The van der Waals surface area contributed by atoms with Gasteiger partial charge in [-0.25, -0.2) is 9.97 Å². The predicted molar refractivity (Wildman–Crippen MR) is 106 cm³/mol. The second kappa shape index (κ2) is 7.39. The minimum atomic E-state index is -0.303. The molecule has 2 aromatic heterocycles. The third kappa shape index (κ3) is 3.86. The SMILES string of the molecule is O=C(Nc1cccc2cccnc12)c1cnc(Nc2cccc(Cl)c2)nc1. The Kier molecular flexibility index (Phi) is 4.63. The highest BCUT2D eigenvalue weighted by atomic mass is 35.5. The van der Waals surface area contributed by atoms with E-state index in [1.165, 1.54) is 12.4 Å². The van der Waals surface area contributed by atoms with Gasteiger partial charge in [-0.2, -0.15) is 0 Å². The first-order valence-corrected chi connectivity index (χ1v) is 8.56. The third-order valence-corrected chi connectivity index (χ3v) is 4.11. The van der Waals surface area contributed by atoms with Crippen molar-refractivity contribution in [1.82, 2.24) is 15.0 Å². The Morgan fingerprint density at radius 1 is 0.926 bits per heavy atom. The summed E-state index contributed by atoms with van der Waals surface area (Å²) < 4.78 is 0. The van der Waals surface area contributed by atoms with Crippen LogP contribution in [0, 0.1) is 0 Å². The summed E-state index contributed by atoms with van der Waals surface area (Å²) in [4.78, 5) is 25.2. The molecule has 132 valence electrons.